The number of likely N-dealkylation sites (tertiary alicyclic amines) is 1. The molecule has 2 saturated heterocycles. The summed E-state index contributed by atoms with van der Waals surface area (Å²) in [6.07, 6.45) is 8.12. The Morgan fingerprint density at radius 2 is 1.96 bits per heavy atom. The largest absolute Gasteiger partial charge is 0.334 e. The van der Waals surface area contributed by atoms with Crippen LogP contribution in [0.15, 0.2) is 36.5 Å². The molecule has 1 unspecified atom stereocenters. The van der Waals surface area contributed by atoms with Crippen molar-refractivity contribution in [3.8, 4) is 0 Å². The van der Waals surface area contributed by atoms with Gasteiger partial charge >= 0.3 is 0 Å². The standard InChI is InChI=1S/C20H27N5O/c26-20(19-15-25(23-22-19)18-10-12-21-13-11-18)24-14-4-7-17(24)9-8-16-5-2-1-3-6-16/h1-3,5-6,15,17-18,21H,4,7-14H2. The molecule has 2 aliphatic heterocycles. The van der Waals surface area contributed by atoms with E-state index in [-0.39, 0.29) is 5.91 Å². The van der Waals surface area contributed by atoms with Crippen molar-refractivity contribution in [3.63, 3.8) is 0 Å². The van der Waals surface area contributed by atoms with Crippen molar-refractivity contribution in [1.82, 2.24) is 25.2 Å². The maximum Gasteiger partial charge on any atom is 0.276 e. The Labute approximate surface area is 154 Å². The lowest BCUT2D eigenvalue weighted by atomic mass is 10.0. The Balaban J connectivity index is 1.39. The van der Waals surface area contributed by atoms with Crippen LogP contribution in [0.2, 0.25) is 0 Å². The topological polar surface area (TPSA) is 63.1 Å². The van der Waals surface area contributed by atoms with Gasteiger partial charge in [-0.2, -0.15) is 0 Å². The smallest absolute Gasteiger partial charge is 0.276 e. The lowest BCUT2D eigenvalue weighted by Gasteiger charge is -2.24. The van der Waals surface area contributed by atoms with E-state index in [0.717, 1.165) is 58.2 Å². The Morgan fingerprint density at radius 3 is 2.77 bits per heavy atom. The summed E-state index contributed by atoms with van der Waals surface area (Å²) in [5.74, 6) is 0.0424. The molecule has 1 aromatic carbocycles. The van der Waals surface area contributed by atoms with Gasteiger partial charge in [0.05, 0.1) is 12.2 Å². The van der Waals surface area contributed by atoms with E-state index in [1.165, 1.54) is 5.56 Å². The molecule has 0 radical (unpaired) electrons. The third-order valence-corrected chi connectivity index (χ3v) is 5.66. The summed E-state index contributed by atoms with van der Waals surface area (Å²) in [6.45, 7) is 2.83. The SMILES string of the molecule is O=C(c1cn(C2CCNCC2)nn1)N1CCCC1CCc1ccccc1. The molecule has 138 valence electrons. The minimum Gasteiger partial charge on any atom is -0.334 e. The molecule has 2 aliphatic rings. The molecular weight excluding hydrogens is 326 g/mol. The van der Waals surface area contributed by atoms with Gasteiger partial charge in [-0.1, -0.05) is 35.5 Å². The number of amides is 1. The molecule has 0 bridgehead atoms. The van der Waals surface area contributed by atoms with Crippen LogP contribution in [-0.2, 0) is 6.42 Å². The van der Waals surface area contributed by atoms with Crippen LogP contribution in [0.1, 0.15) is 54.2 Å². The van der Waals surface area contributed by atoms with Gasteiger partial charge in [0, 0.05) is 12.6 Å². The minimum atomic E-state index is 0.0424. The summed E-state index contributed by atoms with van der Waals surface area (Å²) < 4.78 is 1.89. The molecule has 0 aliphatic carbocycles. The van der Waals surface area contributed by atoms with Crippen molar-refractivity contribution >= 4 is 5.91 Å². The average molecular weight is 353 g/mol. The number of aromatic nitrogens is 3. The highest BCUT2D eigenvalue weighted by Gasteiger charge is 2.31. The number of aryl methyl sites for hydroxylation is 1. The summed E-state index contributed by atoms with van der Waals surface area (Å²) in [5, 5.41) is 11.8. The number of carbonyl (C=O) groups excluding carboxylic acids is 1. The summed E-state index contributed by atoms with van der Waals surface area (Å²) in [5.41, 5.74) is 1.83. The Bertz CT molecular complexity index is 723. The van der Waals surface area contributed by atoms with E-state index < -0.39 is 0 Å². The van der Waals surface area contributed by atoms with Gasteiger partial charge in [-0.15, -0.1) is 5.10 Å². The molecule has 6 heteroatoms. The maximum atomic E-state index is 13.0. The van der Waals surface area contributed by atoms with Crippen LogP contribution in [-0.4, -0.2) is 51.5 Å². The second-order valence-corrected chi connectivity index (χ2v) is 7.38. The zero-order chi connectivity index (χ0) is 17.8. The Morgan fingerprint density at radius 1 is 1.15 bits per heavy atom. The molecule has 6 nitrogen and oxygen atoms in total. The lowest BCUT2D eigenvalue weighted by molar-refractivity contribution is 0.0724. The van der Waals surface area contributed by atoms with Gasteiger partial charge in [-0.3, -0.25) is 4.79 Å². The highest BCUT2D eigenvalue weighted by Crippen LogP contribution is 2.24. The highest BCUT2D eigenvalue weighted by molar-refractivity contribution is 5.92. The number of hydrogen-bond acceptors (Lipinski definition) is 4. The number of benzene rings is 1. The van der Waals surface area contributed by atoms with Crippen LogP contribution in [0.25, 0.3) is 0 Å². The average Bonchev–Trinajstić information content (AvgIpc) is 3.37. The molecule has 1 N–H and O–H groups in total. The van der Waals surface area contributed by atoms with Gasteiger partial charge in [-0.05, 0) is 57.2 Å². The molecule has 1 amide bonds. The van der Waals surface area contributed by atoms with E-state index in [9.17, 15) is 4.79 Å². The van der Waals surface area contributed by atoms with Crippen LogP contribution < -0.4 is 5.32 Å². The first-order valence-electron chi connectivity index (χ1n) is 9.79. The summed E-state index contributed by atoms with van der Waals surface area (Å²) in [7, 11) is 0. The van der Waals surface area contributed by atoms with Gasteiger partial charge < -0.3 is 10.2 Å². The minimum absolute atomic E-state index is 0.0424. The van der Waals surface area contributed by atoms with Crippen LogP contribution in [0.3, 0.4) is 0 Å². The summed E-state index contributed by atoms with van der Waals surface area (Å²) in [6, 6.07) is 11.2. The van der Waals surface area contributed by atoms with Crippen LogP contribution in [0.4, 0.5) is 0 Å². The van der Waals surface area contributed by atoms with Crippen LogP contribution in [0, 0.1) is 0 Å². The molecule has 1 atom stereocenters. The van der Waals surface area contributed by atoms with Gasteiger partial charge in [0.15, 0.2) is 5.69 Å². The van der Waals surface area contributed by atoms with E-state index in [1.54, 1.807) is 0 Å². The first-order chi connectivity index (χ1) is 12.8. The molecule has 4 rings (SSSR count). The van der Waals surface area contributed by atoms with Gasteiger partial charge in [-0.25, -0.2) is 4.68 Å². The number of nitrogens with one attached hydrogen (secondary N) is 1. The lowest BCUT2D eigenvalue weighted by Crippen LogP contribution is -2.36. The number of piperidine rings is 1. The normalized spacial score (nSPS) is 21.2. The predicted molar refractivity (Wildman–Crippen MR) is 100.0 cm³/mol. The van der Waals surface area contributed by atoms with Crippen molar-refractivity contribution in [3.05, 3.63) is 47.8 Å². The fraction of sp³-hybridized carbons (Fsp3) is 0.550. The second kappa shape index (κ2) is 7.99. The molecule has 2 aromatic rings. The molecule has 3 heterocycles. The van der Waals surface area contributed by atoms with Crippen LogP contribution >= 0.6 is 0 Å². The zero-order valence-corrected chi connectivity index (χ0v) is 15.2. The molecule has 2 fully saturated rings. The number of nitrogens with zero attached hydrogens (tertiary/aromatic N) is 4. The van der Waals surface area contributed by atoms with E-state index in [2.05, 4.69) is 39.9 Å². The first-order valence-corrected chi connectivity index (χ1v) is 9.79. The third kappa shape index (κ3) is 3.80. The van der Waals surface area contributed by atoms with E-state index in [1.807, 2.05) is 21.8 Å². The quantitative estimate of drug-likeness (QED) is 0.897. The molecule has 0 spiro atoms. The predicted octanol–water partition coefficient (Wildman–Crippen LogP) is 2.44. The third-order valence-electron chi connectivity index (χ3n) is 5.66. The van der Waals surface area contributed by atoms with Crippen molar-refractivity contribution in [1.29, 1.82) is 0 Å². The van der Waals surface area contributed by atoms with Gasteiger partial charge in [0.1, 0.15) is 0 Å². The van der Waals surface area contributed by atoms with Crippen molar-refractivity contribution in [2.45, 2.75) is 50.6 Å². The molecule has 0 saturated carbocycles. The fourth-order valence-electron chi connectivity index (χ4n) is 4.15. The van der Waals surface area contributed by atoms with Crippen molar-refractivity contribution in [2.24, 2.45) is 0 Å². The van der Waals surface area contributed by atoms with E-state index in [4.69, 9.17) is 0 Å². The summed E-state index contributed by atoms with van der Waals surface area (Å²) >= 11 is 0. The first kappa shape index (κ1) is 17.2. The maximum absolute atomic E-state index is 13.0. The fourth-order valence-corrected chi connectivity index (χ4v) is 4.15. The Hall–Kier alpha value is -2.21. The number of carbonyl (C=O) groups is 1. The van der Waals surface area contributed by atoms with Crippen molar-refractivity contribution < 1.29 is 4.79 Å². The summed E-state index contributed by atoms with van der Waals surface area (Å²) in [4.78, 5) is 15.0. The monoisotopic (exact) mass is 353 g/mol. The zero-order valence-electron chi connectivity index (χ0n) is 15.2. The molecule has 26 heavy (non-hydrogen) atoms. The number of rotatable bonds is 5. The van der Waals surface area contributed by atoms with Gasteiger partial charge in [0.25, 0.3) is 5.91 Å². The Kier molecular flexibility index (Phi) is 5.29. The molecule has 1 aromatic heterocycles. The second-order valence-electron chi connectivity index (χ2n) is 7.38. The number of hydrogen-bond donors (Lipinski definition) is 1. The molecular formula is C20H27N5O. The highest BCUT2D eigenvalue weighted by atomic mass is 16.2. The van der Waals surface area contributed by atoms with E-state index >= 15 is 0 Å². The van der Waals surface area contributed by atoms with Gasteiger partial charge in [0.2, 0.25) is 0 Å². The van der Waals surface area contributed by atoms with Crippen molar-refractivity contribution in [2.75, 3.05) is 19.6 Å². The van der Waals surface area contributed by atoms with E-state index in [0.29, 0.717) is 17.8 Å². The van der Waals surface area contributed by atoms with Crippen LogP contribution in [0.5, 0.6) is 0 Å².